The van der Waals surface area contributed by atoms with Crippen LogP contribution in [0.2, 0.25) is 0 Å². The van der Waals surface area contributed by atoms with Gasteiger partial charge in [0.05, 0.1) is 6.04 Å². The van der Waals surface area contributed by atoms with Gasteiger partial charge in [-0.25, -0.2) is 18.7 Å². The van der Waals surface area contributed by atoms with Crippen molar-refractivity contribution in [3.8, 4) is 0 Å². The van der Waals surface area contributed by atoms with Crippen molar-refractivity contribution in [1.82, 2.24) is 14.9 Å². The monoisotopic (exact) mass is 290 g/mol. The molecule has 0 aliphatic carbocycles. The summed E-state index contributed by atoms with van der Waals surface area (Å²) in [6.45, 7) is 0.869. The topological polar surface area (TPSA) is 41.0 Å². The fraction of sp³-hybridized carbons (Fsp3) is 0.333. The van der Waals surface area contributed by atoms with Crippen molar-refractivity contribution in [1.29, 1.82) is 0 Å². The highest BCUT2D eigenvalue weighted by molar-refractivity contribution is 5.31. The third-order valence-electron chi connectivity index (χ3n) is 3.81. The highest BCUT2D eigenvalue weighted by atomic mass is 19.2. The largest absolute Gasteiger partial charge is 0.350 e. The van der Waals surface area contributed by atoms with E-state index in [1.165, 1.54) is 12.1 Å². The van der Waals surface area contributed by atoms with Gasteiger partial charge in [-0.05, 0) is 37.2 Å². The second-order valence-corrected chi connectivity index (χ2v) is 5.21. The number of anilines is 1. The first-order chi connectivity index (χ1) is 10.1. The number of nitrogens with one attached hydrogen (secondary N) is 1. The highest BCUT2D eigenvalue weighted by Gasteiger charge is 2.33. The summed E-state index contributed by atoms with van der Waals surface area (Å²) in [5, 5.41) is 3.27. The number of hydrogen-bond donors (Lipinski definition) is 1. The lowest BCUT2D eigenvalue weighted by molar-refractivity contribution is 0.307. The first-order valence-electron chi connectivity index (χ1n) is 6.84. The first kappa shape index (κ1) is 13.9. The number of hydrogen-bond acceptors (Lipinski definition) is 4. The molecule has 0 radical (unpaired) electrons. The number of halogens is 2. The van der Waals surface area contributed by atoms with E-state index in [0.717, 1.165) is 18.5 Å². The molecule has 1 aliphatic heterocycles. The molecule has 6 heteroatoms. The molecule has 3 rings (SSSR count). The highest BCUT2D eigenvalue weighted by Crippen LogP contribution is 2.33. The van der Waals surface area contributed by atoms with Gasteiger partial charge in [-0.2, -0.15) is 0 Å². The third-order valence-corrected chi connectivity index (χ3v) is 3.81. The Morgan fingerprint density at radius 1 is 1.19 bits per heavy atom. The molecule has 1 aromatic heterocycles. The van der Waals surface area contributed by atoms with Crippen molar-refractivity contribution in [2.45, 2.75) is 18.5 Å². The molecule has 0 unspecified atom stereocenters. The van der Waals surface area contributed by atoms with E-state index in [1.807, 2.05) is 7.05 Å². The molecule has 0 spiro atoms. The lowest BCUT2D eigenvalue weighted by atomic mass is 10.00. The maximum Gasteiger partial charge on any atom is 0.222 e. The maximum absolute atomic E-state index is 13.5. The molecule has 1 fully saturated rings. The van der Waals surface area contributed by atoms with Crippen molar-refractivity contribution in [2.75, 3.05) is 18.9 Å². The van der Waals surface area contributed by atoms with Gasteiger partial charge in [0.1, 0.15) is 0 Å². The predicted octanol–water partition coefficient (Wildman–Crippen LogP) is 2.61. The van der Waals surface area contributed by atoms with Crippen LogP contribution in [0.25, 0.3) is 0 Å². The van der Waals surface area contributed by atoms with Gasteiger partial charge in [0.2, 0.25) is 5.95 Å². The van der Waals surface area contributed by atoms with Crippen LogP contribution in [-0.4, -0.2) is 34.5 Å². The van der Waals surface area contributed by atoms with Gasteiger partial charge >= 0.3 is 0 Å². The minimum absolute atomic E-state index is 0.0380. The van der Waals surface area contributed by atoms with E-state index in [2.05, 4.69) is 20.2 Å². The van der Waals surface area contributed by atoms with Crippen LogP contribution in [0.4, 0.5) is 14.7 Å². The maximum atomic E-state index is 13.5. The molecule has 1 aromatic carbocycles. The van der Waals surface area contributed by atoms with Crippen LogP contribution in [0, 0.1) is 11.6 Å². The van der Waals surface area contributed by atoms with Crippen LogP contribution < -0.4 is 5.32 Å². The lowest BCUT2D eigenvalue weighted by Crippen LogP contribution is -2.29. The first-order valence-corrected chi connectivity index (χ1v) is 6.84. The number of benzene rings is 1. The summed E-state index contributed by atoms with van der Waals surface area (Å²) in [6.07, 6.45) is 4.22. The van der Waals surface area contributed by atoms with Gasteiger partial charge < -0.3 is 5.32 Å². The number of aromatic nitrogens is 2. The summed E-state index contributed by atoms with van der Waals surface area (Å²) < 4.78 is 26.6. The summed E-state index contributed by atoms with van der Waals surface area (Å²) in [4.78, 5) is 10.4. The Morgan fingerprint density at radius 2 is 1.95 bits per heavy atom. The zero-order valence-electron chi connectivity index (χ0n) is 11.6. The summed E-state index contributed by atoms with van der Waals surface area (Å²) in [5.41, 5.74) is 0.752. The van der Waals surface area contributed by atoms with Crippen molar-refractivity contribution in [2.24, 2.45) is 0 Å². The normalized spacial score (nSPS) is 22.4. The van der Waals surface area contributed by atoms with E-state index < -0.39 is 11.6 Å². The fourth-order valence-corrected chi connectivity index (χ4v) is 2.82. The Labute approximate surface area is 121 Å². The van der Waals surface area contributed by atoms with Crippen LogP contribution in [0.3, 0.4) is 0 Å². The smallest absolute Gasteiger partial charge is 0.222 e. The summed E-state index contributed by atoms with van der Waals surface area (Å²) in [6, 6.07) is 5.84. The van der Waals surface area contributed by atoms with Crippen LogP contribution in [0.5, 0.6) is 0 Å². The molecule has 2 aromatic rings. The van der Waals surface area contributed by atoms with Crippen LogP contribution >= 0.6 is 0 Å². The van der Waals surface area contributed by atoms with E-state index in [4.69, 9.17) is 0 Å². The Kier molecular flexibility index (Phi) is 3.79. The number of rotatable bonds is 3. The van der Waals surface area contributed by atoms with E-state index in [9.17, 15) is 8.78 Å². The van der Waals surface area contributed by atoms with E-state index in [0.29, 0.717) is 5.95 Å². The average molecular weight is 290 g/mol. The molecule has 21 heavy (non-hydrogen) atoms. The Morgan fingerprint density at radius 3 is 2.67 bits per heavy atom. The Balaban J connectivity index is 1.85. The van der Waals surface area contributed by atoms with Gasteiger partial charge in [0, 0.05) is 25.0 Å². The second kappa shape index (κ2) is 5.73. The molecule has 0 bridgehead atoms. The number of likely N-dealkylation sites (N-methyl/N-ethyl adjacent to an activating group) is 1. The van der Waals surface area contributed by atoms with Crippen molar-refractivity contribution in [3.63, 3.8) is 0 Å². The molecular weight excluding hydrogens is 274 g/mol. The lowest BCUT2D eigenvalue weighted by Gasteiger charge is -2.26. The van der Waals surface area contributed by atoms with Crippen LogP contribution in [0.15, 0.2) is 36.7 Å². The number of likely N-dealkylation sites (tertiary alicyclic amines) is 1. The molecule has 4 nitrogen and oxygen atoms in total. The molecule has 110 valence electrons. The second-order valence-electron chi connectivity index (χ2n) is 5.21. The molecule has 0 amide bonds. The van der Waals surface area contributed by atoms with Crippen LogP contribution in [-0.2, 0) is 0 Å². The SMILES string of the molecule is CN1CC[C@H](Nc2ncccn2)[C@@H]1c1ccc(F)c(F)c1. The zero-order chi connectivity index (χ0) is 14.8. The zero-order valence-corrected chi connectivity index (χ0v) is 11.6. The molecule has 2 heterocycles. The average Bonchev–Trinajstić information content (AvgIpc) is 2.84. The van der Waals surface area contributed by atoms with E-state index in [-0.39, 0.29) is 12.1 Å². The molecule has 1 aliphatic rings. The molecular formula is C15H16F2N4. The van der Waals surface area contributed by atoms with E-state index in [1.54, 1.807) is 24.5 Å². The molecule has 1 N–H and O–H groups in total. The standard InChI is InChI=1S/C15H16F2N4/c1-21-8-5-13(20-15-18-6-2-7-19-15)14(21)10-3-4-11(16)12(17)9-10/h2-4,6-7,9,13-14H,5,8H2,1H3,(H,18,19,20)/t13-,14-/m0/s1. The van der Waals surface area contributed by atoms with Crippen molar-refractivity contribution < 1.29 is 8.78 Å². The summed E-state index contributed by atoms with van der Waals surface area (Å²) >= 11 is 0. The number of nitrogens with zero attached hydrogens (tertiary/aromatic N) is 3. The van der Waals surface area contributed by atoms with Crippen molar-refractivity contribution >= 4 is 5.95 Å². The molecule has 1 saturated heterocycles. The summed E-state index contributed by atoms with van der Waals surface area (Å²) in [7, 11) is 1.97. The molecule has 0 saturated carbocycles. The predicted molar refractivity (Wildman–Crippen MR) is 75.8 cm³/mol. The quantitative estimate of drug-likeness (QED) is 0.943. The van der Waals surface area contributed by atoms with Gasteiger partial charge in [-0.3, -0.25) is 4.90 Å². The van der Waals surface area contributed by atoms with Crippen molar-refractivity contribution in [3.05, 3.63) is 53.9 Å². The van der Waals surface area contributed by atoms with Gasteiger partial charge in [-0.1, -0.05) is 6.07 Å². The van der Waals surface area contributed by atoms with E-state index >= 15 is 0 Å². The van der Waals surface area contributed by atoms with Gasteiger partial charge in [0.15, 0.2) is 11.6 Å². The Hall–Kier alpha value is -2.08. The summed E-state index contributed by atoms with van der Waals surface area (Å²) in [5.74, 6) is -1.09. The third kappa shape index (κ3) is 2.85. The Bertz CT molecular complexity index is 620. The van der Waals surface area contributed by atoms with Gasteiger partial charge in [-0.15, -0.1) is 0 Å². The van der Waals surface area contributed by atoms with Crippen LogP contribution in [0.1, 0.15) is 18.0 Å². The minimum Gasteiger partial charge on any atom is -0.350 e. The van der Waals surface area contributed by atoms with Gasteiger partial charge in [0.25, 0.3) is 0 Å². The fourth-order valence-electron chi connectivity index (χ4n) is 2.82. The molecule has 2 atom stereocenters. The minimum atomic E-state index is -0.824.